The normalized spacial score (nSPS) is 15.2. The Morgan fingerprint density at radius 1 is 1.31 bits per heavy atom. The minimum absolute atomic E-state index is 0.230. The molecule has 0 fully saturated rings. The quantitative estimate of drug-likeness (QED) is 0.363. The fourth-order valence-electron chi connectivity index (χ4n) is 2.45. The van der Waals surface area contributed by atoms with Crippen molar-refractivity contribution in [2.24, 2.45) is 0 Å². The summed E-state index contributed by atoms with van der Waals surface area (Å²) in [6.45, 7) is 4.78. The van der Waals surface area contributed by atoms with Crippen molar-refractivity contribution in [2.45, 2.75) is 26.7 Å². The summed E-state index contributed by atoms with van der Waals surface area (Å²) in [6.07, 6.45) is 3.38. The SMILES string of the molecule is CCCCN1C(C(=O)OCC)=CS/C1=C\C(=O)c1cc(Cl)ccc1OC. The summed E-state index contributed by atoms with van der Waals surface area (Å²) in [5.41, 5.74) is 0.843. The van der Waals surface area contributed by atoms with Crippen LogP contribution in [0, 0.1) is 0 Å². The Hall–Kier alpha value is -1.92. The van der Waals surface area contributed by atoms with Crippen LogP contribution in [0.1, 0.15) is 37.0 Å². The fourth-order valence-corrected chi connectivity index (χ4v) is 3.57. The van der Waals surface area contributed by atoms with Crippen LogP contribution in [0.15, 0.2) is 40.4 Å². The molecule has 0 aliphatic carbocycles. The van der Waals surface area contributed by atoms with Crippen molar-refractivity contribution in [2.75, 3.05) is 20.3 Å². The fraction of sp³-hybridized carbons (Fsp3) is 0.368. The number of carbonyl (C=O) groups excluding carboxylic acids is 2. The molecule has 0 amide bonds. The zero-order valence-electron chi connectivity index (χ0n) is 15.1. The maximum absolute atomic E-state index is 12.8. The van der Waals surface area contributed by atoms with E-state index in [4.69, 9.17) is 21.1 Å². The third-order valence-electron chi connectivity index (χ3n) is 3.75. The highest BCUT2D eigenvalue weighted by Crippen LogP contribution is 2.36. The number of thioether (sulfide) groups is 1. The number of benzene rings is 1. The molecule has 1 aliphatic heterocycles. The molecule has 0 unspecified atom stereocenters. The molecule has 0 saturated carbocycles. The molecule has 26 heavy (non-hydrogen) atoms. The van der Waals surface area contributed by atoms with E-state index in [1.54, 1.807) is 30.5 Å². The number of carbonyl (C=O) groups is 2. The van der Waals surface area contributed by atoms with Crippen LogP contribution >= 0.6 is 23.4 Å². The standard InChI is InChI=1S/C19H22ClNO4S/c1-4-6-9-21-15(19(23)25-5-2)12-26-18(21)11-16(22)14-10-13(20)7-8-17(14)24-3/h7-8,10-12H,4-6,9H2,1-3H3/b18-11-. The van der Waals surface area contributed by atoms with Gasteiger partial charge in [-0.3, -0.25) is 4.79 Å². The summed E-state index contributed by atoms with van der Waals surface area (Å²) in [5, 5.41) is 2.87. The molecule has 1 aromatic carbocycles. The van der Waals surface area contributed by atoms with Crippen LogP contribution in [-0.4, -0.2) is 36.9 Å². The Bertz CT molecular complexity index is 745. The van der Waals surface area contributed by atoms with Crippen LogP contribution in [0.3, 0.4) is 0 Å². The maximum Gasteiger partial charge on any atom is 0.355 e. The van der Waals surface area contributed by atoms with E-state index in [0.717, 1.165) is 12.8 Å². The summed E-state index contributed by atoms with van der Waals surface area (Å²) in [4.78, 5) is 26.8. The number of rotatable bonds is 8. The van der Waals surface area contributed by atoms with Crippen molar-refractivity contribution in [3.05, 3.63) is 51.0 Å². The molecule has 1 aromatic rings. The van der Waals surface area contributed by atoms with Gasteiger partial charge in [0, 0.05) is 23.1 Å². The highest BCUT2D eigenvalue weighted by molar-refractivity contribution is 8.06. The lowest BCUT2D eigenvalue weighted by molar-refractivity contribution is -0.140. The molecule has 1 heterocycles. The van der Waals surface area contributed by atoms with Gasteiger partial charge in [-0.05, 0) is 31.5 Å². The van der Waals surface area contributed by atoms with Gasteiger partial charge in [0.1, 0.15) is 11.4 Å². The van der Waals surface area contributed by atoms with Crippen molar-refractivity contribution >= 4 is 35.1 Å². The van der Waals surface area contributed by atoms with Crippen molar-refractivity contribution in [1.82, 2.24) is 4.90 Å². The average Bonchev–Trinajstić information content (AvgIpc) is 3.02. The number of halogens is 1. The number of hydrogen-bond acceptors (Lipinski definition) is 6. The number of ether oxygens (including phenoxy) is 2. The van der Waals surface area contributed by atoms with Gasteiger partial charge in [-0.1, -0.05) is 36.7 Å². The lowest BCUT2D eigenvalue weighted by Crippen LogP contribution is -2.25. The number of ketones is 1. The molecule has 0 radical (unpaired) electrons. The predicted octanol–water partition coefficient (Wildman–Crippen LogP) is 4.63. The van der Waals surface area contributed by atoms with E-state index in [0.29, 0.717) is 40.2 Å². The van der Waals surface area contributed by atoms with Crippen molar-refractivity contribution in [3.8, 4) is 5.75 Å². The van der Waals surface area contributed by atoms with E-state index in [2.05, 4.69) is 6.92 Å². The smallest absolute Gasteiger partial charge is 0.355 e. The van der Waals surface area contributed by atoms with Gasteiger partial charge < -0.3 is 14.4 Å². The van der Waals surface area contributed by atoms with Gasteiger partial charge in [-0.15, -0.1) is 0 Å². The van der Waals surface area contributed by atoms with Crippen LogP contribution < -0.4 is 4.74 Å². The zero-order valence-corrected chi connectivity index (χ0v) is 16.7. The third kappa shape index (κ3) is 4.83. The van der Waals surface area contributed by atoms with E-state index < -0.39 is 0 Å². The first-order valence-corrected chi connectivity index (χ1v) is 9.68. The van der Waals surface area contributed by atoms with Gasteiger partial charge in [0.2, 0.25) is 0 Å². The Balaban J connectivity index is 2.29. The molecular formula is C19H22ClNO4S. The van der Waals surface area contributed by atoms with E-state index in [1.165, 1.54) is 24.9 Å². The summed E-state index contributed by atoms with van der Waals surface area (Å²) in [7, 11) is 1.51. The van der Waals surface area contributed by atoms with Gasteiger partial charge in [-0.2, -0.15) is 0 Å². The van der Waals surface area contributed by atoms with Gasteiger partial charge >= 0.3 is 5.97 Å². The summed E-state index contributed by atoms with van der Waals surface area (Å²) >= 11 is 7.35. The lowest BCUT2D eigenvalue weighted by Gasteiger charge is -2.22. The second-order valence-electron chi connectivity index (χ2n) is 5.54. The lowest BCUT2D eigenvalue weighted by atomic mass is 10.1. The van der Waals surface area contributed by atoms with Crippen LogP contribution in [0.4, 0.5) is 0 Å². The van der Waals surface area contributed by atoms with Gasteiger partial charge in [0.15, 0.2) is 5.78 Å². The second-order valence-corrected chi connectivity index (χ2v) is 6.86. The molecule has 0 spiro atoms. The topological polar surface area (TPSA) is 55.8 Å². The number of allylic oxidation sites excluding steroid dienone is 1. The average molecular weight is 396 g/mol. The van der Waals surface area contributed by atoms with Crippen molar-refractivity contribution < 1.29 is 19.1 Å². The number of nitrogens with zero attached hydrogens (tertiary/aromatic N) is 1. The Morgan fingerprint density at radius 2 is 2.08 bits per heavy atom. The van der Waals surface area contributed by atoms with Crippen molar-refractivity contribution in [1.29, 1.82) is 0 Å². The molecule has 7 heteroatoms. The van der Waals surface area contributed by atoms with Gasteiger partial charge in [-0.25, -0.2) is 4.79 Å². The number of methoxy groups -OCH3 is 1. The molecule has 140 valence electrons. The number of esters is 1. The highest BCUT2D eigenvalue weighted by atomic mass is 35.5. The van der Waals surface area contributed by atoms with Crippen molar-refractivity contribution in [3.63, 3.8) is 0 Å². The van der Waals surface area contributed by atoms with E-state index >= 15 is 0 Å². The summed E-state index contributed by atoms with van der Waals surface area (Å²) in [6, 6.07) is 4.91. The molecule has 2 rings (SSSR count). The van der Waals surface area contributed by atoms with Gasteiger partial charge in [0.25, 0.3) is 0 Å². The first kappa shape index (κ1) is 20.4. The molecule has 0 aromatic heterocycles. The van der Waals surface area contributed by atoms with E-state index in [-0.39, 0.29) is 11.8 Å². The van der Waals surface area contributed by atoms with Crippen LogP contribution in [-0.2, 0) is 9.53 Å². The molecule has 1 aliphatic rings. The first-order chi connectivity index (χ1) is 12.5. The summed E-state index contributed by atoms with van der Waals surface area (Å²) < 4.78 is 10.4. The Kier molecular flexibility index (Phi) is 7.60. The summed E-state index contributed by atoms with van der Waals surface area (Å²) in [5.74, 6) is -0.155. The van der Waals surface area contributed by atoms with Crippen LogP contribution in [0.2, 0.25) is 5.02 Å². The second kappa shape index (κ2) is 9.69. The molecule has 0 saturated heterocycles. The molecule has 0 atom stereocenters. The molecule has 0 N–H and O–H groups in total. The Morgan fingerprint density at radius 3 is 2.73 bits per heavy atom. The first-order valence-electron chi connectivity index (χ1n) is 8.42. The van der Waals surface area contributed by atoms with Crippen LogP contribution in [0.5, 0.6) is 5.75 Å². The number of hydrogen-bond donors (Lipinski definition) is 0. The van der Waals surface area contributed by atoms with E-state index in [1.807, 2.05) is 4.90 Å². The molecule has 0 bridgehead atoms. The maximum atomic E-state index is 12.8. The molecular weight excluding hydrogens is 374 g/mol. The van der Waals surface area contributed by atoms with Crippen LogP contribution in [0.25, 0.3) is 0 Å². The third-order valence-corrected chi connectivity index (χ3v) is 4.91. The largest absolute Gasteiger partial charge is 0.496 e. The molecule has 5 nitrogen and oxygen atoms in total. The monoisotopic (exact) mass is 395 g/mol. The number of unbranched alkanes of at least 4 members (excludes halogenated alkanes) is 1. The Labute approximate surface area is 163 Å². The predicted molar refractivity (Wildman–Crippen MR) is 104 cm³/mol. The minimum Gasteiger partial charge on any atom is -0.496 e. The zero-order chi connectivity index (χ0) is 19.1. The van der Waals surface area contributed by atoms with E-state index in [9.17, 15) is 9.59 Å². The minimum atomic E-state index is -0.382. The van der Waals surface area contributed by atoms with Gasteiger partial charge in [0.05, 0.1) is 24.3 Å². The highest BCUT2D eigenvalue weighted by Gasteiger charge is 2.28.